The minimum absolute atomic E-state index is 0.549. The molecule has 0 bridgehead atoms. The van der Waals surface area contributed by atoms with Crippen molar-refractivity contribution in [2.24, 2.45) is 0 Å². The Morgan fingerprint density at radius 1 is 1.57 bits per heavy atom. The van der Waals surface area contributed by atoms with Gasteiger partial charge in [0.15, 0.2) is 0 Å². The topological polar surface area (TPSA) is 9.23 Å². The van der Waals surface area contributed by atoms with Gasteiger partial charge >= 0.3 is 0 Å². The molecule has 2 aromatic rings. The number of hydrogen-bond donors (Lipinski definition) is 0. The van der Waals surface area contributed by atoms with E-state index in [0.717, 1.165) is 9.32 Å². The molecule has 1 aromatic carbocycles. The largest absolute Gasteiger partial charge is 0.494 e. The van der Waals surface area contributed by atoms with Crippen LogP contribution in [0.3, 0.4) is 0 Å². The van der Waals surface area contributed by atoms with Crippen molar-refractivity contribution in [3.05, 3.63) is 26.6 Å². The highest BCUT2D eigenvalue weighted by Gasteiger charge is 2.11. The number of alkyl halides is 1. The summed E-state index contributed by atoms with van der Waals surface area (Å²) in [6.07, 6.45) is 0. The lowest BCUT2D eigenvalue weighted by atomic mass is 10.1. The highest BCUT2D eigenvalue weighted by Crippen LogP contribution is 2.37. The summed E-state index contributed by atoms with van der Waals surface area (Å²) in [5.74, 6) is 1.51. The fraction of sp³-hybridized carbons (Fsp3) is 0.200. The van der Waals surface area contributed by atoms with Crippen molar-refractivity contribution in [3.8, 4) is 5.75 Å². The molecule has 0 unspecified atom stereocenters. The predicted molar refractivity (Wildman–Crippen MR) is 70.7 cm³/mol. The van der Waals surface area contributed by atoms with Crippen LogP contribution in [-0.2, 0) is 5.88 Å². The van der Waals surface area contributed by atoms with E-state index in [9.17, 15) is 0 Å². The Morgan fingerprint density at radius 2 is 2.36 bits per heavy atom. The molecule has 0 atom stereocenters. The Bertz CT molecular complexity index is 466. The van der Waals surface area contributed by atoms with Gasteiger partial charge in [0.05, 0.1) is 15.4 Å². The van der Waals surface area contributed by atoms with E-state index in [1.54, 1.807) is 18.4 Å². The number of rotatable bonds is 2. The van der Waals surface area contributed by atoms with Gasteiger partial charge in [0.1, 0.15) is 5.75 Å². The maximum Gasteiger partial charge on any atom is 0.149 e. The van der Waals surface area contributed by atoms with Crippen molar-refractivity contribution in [1.29, 1.82) is 0 Å². The molecule has 0 aliphatic carbocycles. The first-order valence-corrected chi connectivity index (χ1v) is 6.55. The van der Waals surface area contributed by atoms with E-state index in [1.165, 1.54) is 15.6 Å². The normalized spacial score (nSPS) is 10.8. The first kappa shape index (κ1) is 10.5. The highest BCUT2D eigenvalue weighted by atomic mass is 127. The molecule has 14 heavy (non-hydrogen) atoms. The van der Waals surface area contributed by atoms with Gasteiger partial charge in [-0.1, -0.05) is 0 Å². The molecule has 0 saturated heterocycles. The Balaban J connectivity index is 2.81. The summed E-state index contributed by atoms with van der Waals surface area (Å²) in [5, 5.41) is 3.28. The Kier molecular flexibility index (Phi) is 3.19. The SMILES string of the molecule is COc1c(I)cc(CCl)c2ccsc12. The average molecular weight is 339 g/mol. The molecule has 1 heterocycles. The van der Waals surface area contributed by atoms with Gasteiger partial charge in [-0.15, -0.1) is 22.9 Å². The monoisotopic (exact) mass is 338 g/mol. The van der Waals surface area contributed by atoms with Gasteiger partial charge in [-0.25, -0.2) is 0 Å². The van der Waals surface area contributed by atoms with Crippen LogP contribution in [0.5, 0.6) is 5.75 Å². The molecule has 0 saturated carbocycles. The minimum Gasteiger partial charge on any atom is -0.494 e. The van der Waals surface area contributed by atoms with Gasteiger partial charge < -0.3 is 4.74 Å². The van der Waals surface area contributed by atoms with Gasteiger partial charge in [0, 0.05) is 11.3 Å². The van der Waals surface area contributed by atoms with Crippen molar-refractivity contribution >= 4 is 55.6 Å². The summed E-state index contributed by atoms with van der Waals surface area (Å²) >= 11 is 9.86. The molecule has 0 N–H and O–H groups in total. The van der Waals surface area contributed by atoms with Crippen LogP contribution in [-0.4, -0.2) is 7.11 Å². The lowest BCUT2D eigenvalue weighted by Crippen LogP contribution is -1.89. The first-order valence-electron chi connectivity index (χ1n) is 4.06. The quantitative estimate of drug-likeness (QED) is 0.587. The van der Waals surface area contributed by atoms with Crippen LogP contribution in [0.25, 0.3) is 10.1 Å². The van der Waals surface area contributed by atoms with E-state index in [-0.39, 0.29) is 0 Å². The average Bonchev–Trinajstić information content (AvgIpc) is 2.65. The van der Waals surface area contributed by atoms with Crippen LogP contribution >= 0.6 is 45.5 Å². The summed E-state index contributed by atoms with van der Waals surface area (Å²) in [6, 6.07) is 4.18. The number of thiophene rings is 1. The van der Waals surface area contributed by atoms with Crippen molar-refractivity contribution in [2.75, 3.05) is 7.11 Å². The lowest BCUT2D eigenvalue weighted by molar-refractivity contribution is 0.417. The standard InChI is InChI=1S/C10H8ClIOS/c1-13-9-8(12)4-6(5-11)7-2-3-14-10(7)9/h2-4H,5H2,1H3. The Morgan fingerprint density at radius 3 is 3.00 bits per heavy atom. The number of halogens is 2. The maximum atomic E-state index is 5.89. The fourth-order valence-electron chi connectivity index (χ4n) is 1.44. The van der Waals surface area contributed by atoms with E-state index < -0.39 is 0 Å². The number of ether oxygens (including phenoxy) is 1. The van der Waals surface area contributed by atoms with Crippen molar-refractivity contribution in [3.63, 3.8) is 0 Å². The van der Waals surface area contributed by atoms with E-state index in [4.69, 9.17) is 16.3 Å². The highest BCUT2D eigenvalue weighted by molar-refractivity contribution is 14.1. The van der Waals surface area contributed by atoms with Crippen LogP contribution in [0, 0.1) is 3.57 Å². The Labute approximate surface area is 105 Å². The fourth-order valence-corrected chi connectivity index (χ4v) is 3.68. The van der Waals surface area contributed by atoms with Gasteiger partial charge in [-0.05, 0) is 45.7 Å². The molecule has 0 aliphatic rings. The van der Waals surface area contributed by atoms with Crippen LogP contribution in [0.4, 0.5) is 0 Å². The summed E-state index contributed by atoms with van der Waals surface area (Å²) in [7, 11) is 1.71. The number of hydrogen-bond acceptors (Lipinski definition) is 2. The summed E-state index contributed by atoms with van der Waals surface area (Å²) in [4.78, 5) is 0. The molecule has 74 valence electrons. The summed E-state index contributed by atoms with van der Waals surface area (Å²) in [6.45, 7) is 0. The molecule has 1 aromatic heterocycles. The molecule has 0 amide bonds. The second kappa shape index (κ2) is 4.24. The molecule has 4 heteroatoms. The zero-order chi connectivity index (χ0) is 10.1. The number of fused-ring (bicyclic) bond motifs is 1. The van der Waals surface area contributed by atoms with Crippen LogP contribution in [0.15, 0.2) is 17.5 Å². The van der Waals surface area contributed by atoms with Crippen molar-refractivity contribution < 1.29 is 4.74 Å². The first-order chi connectivity index (χ1) is 6.77. The molecule has 1 nitrogen and oxygen atoms in total. The second-order valence-electron chi connectivity index (χ2n) is 2.85. The van der Waals surface area contributed by atoms with Gasteiger partial charge in [0.2, 0.25) is 0 Å². The molecule has 0 aliphatic heterocycles. The van der Waals surface area contributed by atoms with Crippen LogP contribution in [0.1, 0.15) is 5.56 Å². The van der Waals surface area contributed by atoms with Crippen molar-refractivity contribution in [2.45, 2.75) is 5.88 Å². The molecule has 0 radical (unpaired) electrons. The van der Waals surface area contributed by atoms with Crippen LogP contribution in [0.2, 0.25) is 0 Å². The van der Waals surface area contributed by atoms with E-state index in [2.05, 4.69) is 40.1 Å². The summed E-state index contributed by atoms with van der Waals surface area (Å²) < 4.78 is 7.69. The van der Waals surface area contributed by atoms with Gasteiger partial charge in [0.25, 0.3) is 0 Å². The zero-order valence-corrected chi connectivity index (χ0v) is 11.2. The zero-order valence-electron chi connectivity index (χ0n) is 7.51. The third-order valence-corrected chi connectivity index (χ3v) is 4.09. The van der Waals surface area contributed by atoms with E-state index >= 15 is 0 Å². The van der Waals surface area contributed by atoms with E-state index in [0.29, 0.717) is 5.88 Å². The predicted octanol–water partition coefficient (Wildman–Crippen LogP) is 4.25. The smallest absolute Gasteiger partial charge is 0.149 e. The minimum atomic E-state index is 0.549. The molecular formula is C10H8ClIOS. The maximum absolute atomic E-state index is 5.89. The molecule has 2 rings (SSSR count). The van der Waals surface area contributed by atoms with Crippen molar-refractivity contribution in [1.82, 2.24) is 0 Å². The second-order valence-corrected chi connectivity index (χ2v) is 5.19. The number of benzene rings is 1. The number of methoxy groups -OCH3 is 1. The van der Waals surface area contributed by atoms with Gasteiger partial charge in [-0.2, -0.15) is 0 Å². The van der Waals surface area contributed by atoms with E-state index in [1.807, 2.05) is 0 Å². The molecular weight excluding hydrogens is 331 g/mol. The van der Waals surface area contributed by atoms with Gasteiger partial charge in [-0.3, -0.25) is 0 Å². The lowest BCUT2D eigenvalue weighted by Gasteiger charge is -2.07. The Hall–Kier alpha value is -0.0000000000000000833. The van der Waals surface area contributed by atoms with Crippen LogP contribution < -0.4 is 4.74 Å². The third-order valence-electron chi connectivity index (χ3n) is 2.08. The summed E-state index contributed by atoms with van der Waals surface area (Å²) in [5.41, 5.74) is 1.17. The molecule has 0 fully saturated rings. The molecule has 0 spiro atoms. The third kappa shape index (κ3) is 1.61.